The molecule has 0 aliphatic rings. The molecule has 1 unspecified atom stereocenters. The van der Waals surface area contributed by atoms with Crippen molar-refractivity contribution >= 4 is 17.9 Å². The van der Waals surface area contributed by atoms with Crippen LogP contribution in [0.15, 0.2) is 97.2 Å². The van der Waals surface area contributed by atoms with E-state index in [9.17, 15) is 14.4 Å². The van der Waals surface area contributed by atoms with Crippen LogP contribution in [0.2, 0.25) is 0 Å². The minimum Gasteiger partial charge on any atom is -0.462 e. The van der Waals surface area contributed by atoms with Crippen molar-refractivity contribution < 1.29 is 28.6 Å². The van der Waals surface area contributed by atoms with Crippen LogP contribution in [0.1, 0.15) is 310 Å². The summed E-state index contributed by atoms with van der Waals surface area (Å²) in [6, 6.07) is 0. The topological polar surface area (TPSA) is 78.9 Å². The number of hydrogen-bond acceptors (Lipinski definition) is 6. The van der Waals surface area contributed by atoms with Crippen LogP contribution in [0, 0.1) is 0 Å². The predicted octanol–water partition coefficient (Wildman–Crippen LogP) is 22.0. The highest BCUT2D eigenvalue weighted by atomic mass is 16.6. The van der Waals surface area contributed by atoms with E-state index in [1.54, 1.807) is 0 Å². The lowest BCUT2D eigenvalue weighted by Crippen LogP contribution is -2.30. The molecule has 436 valence electrons. The number of carbonyl (C=O) groups excluding carboxylic acids is 3. The molecule has 0 saturated heterocycles. The van der Waals surface area contributed by atoms with Crippen LogP contribution in [0.3, 0.4) is 0 Å². The summed E-state index contributed by atoms with van der Waals surface area (Å²) in [4.78, 5) is 38.3. The van der Waals surface area contributed by atoms with Gasteiger partial charge in [-0.25, -0.2) is 0 Å². The third-order valence-electron chi connectivity index (χ3n) is 13.8. The van der Waals surface area contributed by atoms with Crippen molar-refractivity contribution in [2.75, 3.05) is 13.2 Å². The van der Waals surface area contributed by atoms with E-state index in [1.807, 2.05) is 0 Å². The molecule has 0 saturated carbocycles. The lowest BCUT2D eigenvalue weighted by molar-refractivity contribution is -0.167. The Kier molecular flexibility index (Phi) is 60.8. The van der Waals surface area contributed by atoms with Gasteiger partial charge in [-0.2, -0.15) is 0 Å². The van der Waals surface area contributed by atoms with Gasteiger partial charge in [0.1, 0.15) is 13.2 Å². The molecular formula is C70H120O6. The van der Waals surface area contributed by atoms with Gasteiger partial charge in [-0.05, 0) is 103 Å². The standard InChI is InChI=1S/C70H120O6/c1-4-7-10-13-16-19-22-25-28-31-32-33-34-35-36-37-38-40-42-45-48-51-54-57-60-63-69(72)75-66-67(65-74-68(71)62-59-56-53-50-47-44-41-30-27-24-21-18-15-12-9-6-3)76-70(73)64-61-58-55-52-49-46-43-39-29-26-23-20-17-14-11-8-5-2/h7,10,16,19,25-26,28-29,32-33,35-36,38,40,45,48,67H,4-6,8-9,11-15,17-18,20-24,27,30-31,34,37,39,41-44,46-47,49-66H2,1-3H3/b10-7-,19-16-,28-25-,29-26-,33-32-,36-35-,40-38-,48-45-. The lowest BCUT2D eigenvalue weighted by Gasteiger charge is -2.18. The van der Waals surface area contributed by atoms with Crippen LogP contribution in [-0.4, -0.2) is 37.2 Å². The minimum atomic E-state index is -0.794. The Hall–Kier alpha value is -3.67. The Bertz CT molecular complexity index is 1490. The zero-order valence-corrected chi connectivity index (χ0v) is 50.0. The Labute approximate surface area is 470 Å². The van der Waals surface area contributed by atoms with Crippen LogP contribution in [0.25, 0.3) is 0 Å². The minimum absolute atomic E-state index is 0.0874. The number of ether oxygens (including phenoxy) is 3. The fourth-order valence-electron chi connectivity index (χ4n) is 9.01. The monoisotopic (exact) mass is 1060 g/mol. The summed E-state index contributed by atoms with van der Waals surface area (Å²) < 4.78 is 16.9. The molecule has 6 nitrogen and oxygen atoms in total. The van der Waals surface area contributed by atoms with Gasteiger partial charge >= 0.3 is 17.9 Å². The van der Waals surface area contributed by atoms with Crippen LogP contribution >= 0.6 is 0 Å². The SMILES string of the molecule is CC/C=C\C/C=C\C/C=C\C/C=C\C/C=C\C/C=C\C/C=C\CCCCCC(=O)OCC(COC(=O)CCCCCCCCCCCCCCCCCC)OC(=O)CCCCCCCCC/C=C\CCCCCCCC. The third-order valence-corrected chi connectivity index (χ3v) is 13.8. The van der Waals surface area contributed by atoms with Gasteiger partial charge in [0.05, 0.1) is 0 Å². The van der Waals surface area contributed by atoms with Crippen LogP contribution in [-0.2, 0) is 28.6 Å². The Morgan fingerprint density at radius 2 is 0.513 bits per heavy atom. The maximum Gasteiger partial charge on any atom is 0.306 e. The molecule has 6 heteroatoms. The highest BCUT2D eigenvalue weighted by molar-refractivity contribution is 5.71. The number of carbonyl (C=O) groups is 3. The molecule has 0 aliphatic heterocycles. The van der Waals surface area contributed by atoms with Crippen LogP contribution in [0.4, 0.5) is 0 Å². The van der Waals surface area contributed by atoms with Gasteiger partial charge in [0.15, 0.2) is 6.10 Å². The Balaban J connectivity index is 4.43. The van der Waals surface area contributed by atoms with Gasteiger partial charge < -0.3 is 14.2 Å². The maximum atomic E-state index is 12.9. The third kappa shape index (κ3) is 61.2. The van der Waals surface area contributed by atoms with Crippen molar-refractivity contribution in [2.45, 2.75) is 316 Å². The Morgan fingerprint density at radius 1 is 0.276 bits per heavy atom. The molecule has 76 heavy (non-hydrogen) atoms. The average Bonchev–Trinajstić information content (AvgIpc) is 3.42. The van der Waals surface area contributed by atoms with Crippen LogP contribution in [0.5, 0.6) is 0 Å². The summed E-state index contributed by atoms with van der Waals surface area (Å²) in [5.41, 5.74) is 0. The quantitative estimate of drug-likeness (QED) is 0.0261. The van der Waals surface area contributed by atoms with Gasteiger partial charge in [-0.1, -0.05) is 285 Å². The van der Waals surface area contributed by atoms with E-state index in [-0.39, 0.29) is 31.1 Å². The maximum absolute atomic E-state index is 12.9. The Morgan fingerprint density at radius 3 is 0.829 bits per heavy atom. The molecule has 0 radical (unpaired) electrons. The first-order valence-electron chi connectivity index (χ1n) is 32.2. The summed E-state index contributed by atoms with van der Waals surface area (Å²) in [7, 11) is 0. The molecule has 0 N–H and O–H groups in total. The van der Waals surface area contributed by atoms with Crippen molar-refractivity contribution in [3.8, 4) is 0 Å². The second-order valence-corrected chi connectivity index (χ2v) is 21.3. The van der Waals surface area contributed by atoms with Crippen molar-refractivity contribution in [1.82, 2.24) is 0 Å². The van der Waals surface area contributed by atoms with E-state index in [4.69, 9.17) is 14.2 Å². The van der Waals surface area contributed by atoms with Crippen LogP contribution < -0.4 is 0 Å². The summed E-state index contributed by atoms with van der Waals surface area (Å²) in [5, 5.41) is 0. The summed E-state index contributed by atoms with van der Waals surface area (Å²) in [6.45, 7) is 6.52. The van der Waals surface area contributed by atoms with E-state index in [1.165, 1.54) is 161 Å². The summed E-state index contributed by atoms with van der Waals surface area (Å²) >= 11 is 0. The van der Waals surface area contributed by atoms with E-state index in [0.29, 0.717) is 19.3 Å². The number of hydrogen-bond donors (Lipinski definition) is 0. The largest absolute Gasteiger partial charge is 0.462 e. The lowest BCUT2D eigenvalue weighted by atomic mass is 10.0. The molecule has 0 aromatic rings. The van der Waals surface area contributed by atoms with Gasteiger partial charge in [0.25, 0.3) is 0 Å². The number of unbranched alkanes of at least 4 members (excludes halogenated alkanes) is 31. The molecule has 0 spiro atoms. The van der Waals surface area contributed by atoms with E-state index in [0.717, 1.165) is 109 Å². The summed E-state index contributed by atoms with van der Waals surface area (Å²) in [6.07, 6.45) is 85.5. The van der Waals surface area contributed by atoms with Gasteiger partial charge in [-0.15, -0.1) is 0 Å². The van der Waals surface area contributed by atoms with Crippen molar-refractivity contribution in [2.24, 2.45) is 0 Å². The zero-order chi connectivity index (χ0) is 55.0. The van der Waals surface area contributed by atoms with Crippen molar-refractivity contribution in [3.63, 3.8) is 0 Å². The fraction of sp³-hybridized carbons (Fsp3) is 0.729. The highest BCUT2D eigenvalue weighted by Crippen LogP contribution is 2.16. The first-order valence-corrected chi connectivity index (χ1v) is 32.2. The molecule has 1 atom stereocenters. The van der Waals surface area contributed by atoms with Gasteiger partial charge in [0.2, 0.25) is 0 Å². The van der Waals surface area contributed by atoms with E-state index in [2.05, 4.69) is 118 Å². The number of rotatable bonds is 58. The number of esters is 3. The molecule has 0 aromatic heterocycles. The highest BCUT2D eigenvalue weighted by Gasteiger charge is 2.19. The molecule has 0 rings (SSSR count). The molecule has 0 bridgehead atoms. The molecule has 0 fully saturated rings. The summed E-state index contributed by atoms with van der Waals surface area (Å²) in [5.74, 6) is -0.914. The normalized spacial score (nSPS) is 12.7. The first-order chi connectivity index (χ1) is 37.5. The molecular weight excluding hydrogens is 937 g/mol. The van der Waals surface area contributed by atoms with Gasteiger partial charge in [0, 0.05) is 19.3 Å². The van der Waals surface area contributed by atoms with Crippen molar-refractivity contribution in [1.29, 1.82) is 0 Å². The smallest absolute Gasteiger partial charge is 0.306 e. The first kappa shape index (κ1) is 72.3. The van der Waals surface area contributed by atoms with Gasteiger partial charge in [-0.3, -0.25) is 14.4 Å². The van der Waals surface area contributed by atoms with Crippen molar-refractivity contribution in [3.05, 3.63) is 97.2 Å². The van der Waals surface area contributed by atoms with E-state index < -0.39 is 6.10 Å². The van der Waals surface area contributed by atoms with E-state index >= 15 is 0 Å². The fourth-order valence-corrected chi connectivity index (χ4v) is 9.01. The molecule has 0 heterocycles. The average molecular weight is 1060 g/mol. The second-order valence-electron chi connectivity index (χ2n) is 21.3. The molecule has 0 aromatic carbocycles. The second kappa shape index (κ2) is 63.9. The molecule has 0 aliphatic carbocycles. The number of allylic oxidation sites excluding steroid dienone is 16. The molecule has 0 amide bonds. The predicted molar refractivity (Wildman–Crippen MR) is 330 cm³/mol. The zero-order valence-electron chi connectivity index (χ0n) is 50.0.